The van der Waals surface area contributed by atoms with Crippen LogP contribution in [-0.2, 0) is 0 Å². The lowest BCUT2D eigenvalue weighted by atomic mass is 10.1. The highest BCUT2D eigenvalue weighted by molar-refractivity contribution is 9.10. The molecule has 0 saturated heterocycles. The zero-order chi connectivity index (χ0) is 10.1. The molecule has 1 heterocycles. The largest absolute Gasteiger partial charge is 0.384 e. The predicted molar refractivity (Wildman–Crippen MR) is 59.3 cm³/mol. The number of aromatic nitrogens is 1. The first-order chi connectivity index (χ1) is 6.70. The summed E-state index contributed by atoms with van der Waals surface area (Å²) >= 11 is 3.28. The molecule has 0 spiro atoms. The van der Waals surface area contributed by atoms with Gasteiger partial charge in [0.25, 0.3) is 0 Å². The summed E-state index contributed by atoms with van der Waals surface area (Å²) < 4.78 is 0.623. The lowest BCUT2D eigenvalue weighted by Gasteiger charge is -2.01. The molecule has 0 saturated carbocycles. The Morgan fingerprint density at radius 1 is 1.36 bits per heavy atom. The van der Waals surface area contributed by atoms with Crippen LogP contribution in [0.2, 0.25) is 0 Å². The summed E-state index contributed by atoms with van der Waals surface area (Å²) in [5.41, 5.74) is 5.95. The van der Waals surface area contributed by atoms with E-state index < -0.39 is 0 Å². The van der Waals surface area contributed by atoms with E-state index in [2.05, 4.69) is 26.1 Å². The van der Waals surface area contributed by atoms with Crippen LogP contribution in [-0.4, -0.2) is 4.98 Å². The van der Waals surface area contributed by atoms with Crippen molar-refractivity contribution in [3.8, 4) is 0 Å². The van der Waals surface area contributed by atoms with Crippen molar-refractivity contribution in [1.82, 2.24) is 4.98 Å². The van der Waals surface area contributed by atoms with Gasteiger partial charge >= 0.3 is 0 Å². The fourth-order valence-corrected chi connectivity index (χ4v) is 1.82. The number of anilines is 1. The number of nitrogens with two attached hydrogens (primary N) is 1. The lowest BCUT2D eigenvalue weighted by molar-refractivity contribution is 1.32. The third-order valence-electron chi connectivity index (χ3n) is 1.90. The molecule has 0 bridgehead atoms. The first-order valence-electron chi connectivity index (χ1n) is 3.90. The SMILES string of the molecule is Nc1cc2ccc(N=O)cc2c(Br)n1. The molecule has 0 aliphatic carbocycles. The van der Waals surface area contributed by atoms with Gasteiger partial charge in [-0.05, 0) is 44.7 Å². The van der Waals surface area contributed by atoms with Crippen molar-refractivity contribution in [1.29, 1.82) is 0 Å². The fraction of sp³-hybridized carbons (Fsp3) is 0. The number of nitrogen functional groups attached to an aromatic ring is 1. The normalized spacial score (nSPS) is 10.4. The number of halogens is 1. The van der Waals surface area contributed by atoms with Crippen molar-refractivity contribution in [2.24, 2.45) is 5.18 Å². The second-order valence-corrected chi connectivity index (χ2v) is 3.59. The van der Waals surface area contributed by atoms with Crippen LogP contribution in [0.4, 0.5) is 11.5 Å². The number of nitrogens with zero attached hydrogens (tertiary/aromatic N) is 2. The minimum Gasteiger partial charge on any atom is -0.384 e. The summed E-state index contributed by atoms with van der Waals surface area (Å²) in [5, 5.41) is 4.61. The Morgan fingerprint density at radius 3 is 2.86 bits per heavy atom. The molecule has 0 aliphatic rings. The van der Waals surface area contributed by atoms with E-state index in [9.17, 15) is 4.91 Å². The van der Waals surface area contributed by atoms with Crippen LogP contribution >= 0.6 is 15.9 Å². The topological polar surface area (TPSA) is 68.3 Å². The number of hydrogen-bond donors (Lipinski definition) is 1. The molecule has 0 unspecified atom stereocenters. The first kappa shape index (κ1) is 9.08. The van der Waals surface area contributed by atoms with E-state index in [1.54, 1.807) is 24.3 Å². The quantitative estimate of drug-likeness (QED) is 0.626. The van der Waals surface area contributed by atoms with Crippen molar-refractivity contribution < 1.29 is 0 Å². The van der Waals surface area contributed by atoms with E-state index in [4.69, 9.17) is 5.73 Å². The molecular weight excluding hydrogens is 246 g/mol. The van der Waals surface area contributed by atoms with Crippen molar-refractivity contribution in [3.05, 3.63) is 33.8 Å². The summed E-state index contributed by atoms with van der Waals surface area (Å²) in [5.74, 6) is 0.441. The summed E-state index contributed by atoms with van der Waals surface area (Å²) in [6.07, 6.45) is 0. The molecule has 0 radical (unpaired) electrons. The van der Waals surface area contributed by atoms with Crippen LogP contribution in [0.3, 0.4) is 0 Å². The van der Waals surface area contributed by atoms with Crippen LogP contribution in [0, 0.1) is 4.91 Å². The molecule has 1 aromatic carbocycles. The van der Waals surface area contributed by atoms with Crippen LogP contribution in [0.15, 0.2) is 34.0 Å². The molecule has 0 fully saturated rings. The highest BCUT2D eigenvalue weighted by Crippen LogP contribution is 2.27. The van der Waals surface area contributed by atoms with Crippen molar-refractivity contribution in [3.63, 3.8) is 0 Å². The molecule has 70 valence electrons. The molecule has 5 heteroatoms. The van der Waals surface area contributed by atoms with Gasteiger partial charge in [0, 0.05) is 5.39 Å². The van der Waals surface area contributed by atoms with Gasteiger partial charge in [0.05, 0.1) is 0 Å². The van der Waals surface area contributed by atoms with Gasteiger partial charge in [-0.3, -0.25) is 0 Å². The Kier molecular flexibility index (Phi) is 2.17. The van der Waals surface area contributed by atoms with E-state index in [1.807, 2.05) is 0 Å². The third-order valence-corrected chi connectivity index (χ3v) is 2.50. The fourth-order valence-electron chi connectivity index (χ4n) is 1.27. The van der Waals surface area contributed by atoms with Gasteiger partial charge in [-0.1, -0.05) is 6.07 Å². The van der Waals surface area contributed by atoms with Crippen LogP contribution in [0.1, 0.15) is 0 Å². The van der Waals surface area contributed by atoms with Crippen molar-refractivity contribution in [2.75, 3.05) is 5.73 Å². The van der Waals surface area contributed by atoms with Gasteiger partial charge < -0.3 is 5.73 Å². The lowest BCUT2D eigenvalue weighted by Crippen LogP contribution is -1.90. The average Bonchev–Trinajstić information content (AvgIpc) is 2.17. The first-order valence-corrected chi connectivity index (χ1v) is 4.69. The van der Waals surface area contributed by atoms with Gasteiger partial charge in [0.15, 0.2) is 0 Å². The molecule has 0 amide bonds. The zero-order valence-corrected chi connectivity index (χ0v) is 8.65. The second-order valence-electron chi connectivity index (χ2n) is 2.83. The number of benzene rings is 1. The number of fused-ring (bicyclic) bond motifs is 1. The summed E-state index contributed by atoms with van der Waals surface area (Å²) in [6.45, 7) is 0. The van der Waals surface area contributed by atoms with Crippen LogP contribution in [0.25, 0.3) is 10.8 Å². The molecule has 14 heavy (non-hydrogen) atoms. The Bertz CT molecular complexity index is 513. The highest BCUT2D eigenvalue weighted by atomic mass is 79.9. The Labute approximate surface area is 88.2 Å². The van der Waals surface area contributed by atoms with E-state index in [1.165, 1.54) is 0 Å². The minimum absolute atomic E-state index is 0.379. The number of pyridine rings is 1. The molecule has 2 rings (SSSR count). The van der Waals surface area contributed by atoms with Gasteiger partial charge in [0.2, 0.25) is 0 Å². The molecule has 0 atom stereocenters. The maximum Gasteiger partial charge on any atom is 0.125 e. The average molecular weight is 252 g/mol. The van der Waals surface area contributed by atoms with E-state index in [0.29, 0.717) is 16.1 Å². The summed E-state index contributed by atoms with van der Waals surface area (Å²) in [6, 6.07) is 6.84. The Hall–Kier alpha value is -1.49. The maximum atomic E-state index is 10.3. The number of nitroso groups, excluding NO2 is 1. The molecule has 2 aromatic rings. The molecule has 4 nitrogen and oxygen atoms in total. The van der Waals surface area contributed by atoms with E-state index in [0.717, 1.165) is 10.8 Å². The van der Waals surface area contributed by atoms with E-state index >= 15 is 0 Å². The van der Waals surface area contributed by atoms with Gasteiger partial charge in [0.1, 0.15) is 16.1 Å². The Balaban J connectivity index is 2.81. The highest BCUT2D eigenvalue weighted by Gasteiger charge is 2.03. The monoisotopic (exact) mass is 251 g/mol. The van der Waals surface area contributed by atoms with Crippen molar-refractivity contribution >= 4 is 38.2 Å². The number of rotatable bonds is 1. The van der Waals surface area contributed by atoms with Crippen LogP contribution < -0.4 is 5.73 Å². The van der Waals surface area contributed by atoms with Gasteiger partial charge in [-0.2, -0.15) is 0 Å². The summed E-state index contributed by atoms with van der Waals surface area (Å²) in [4.78, 5) is 14.3. The predicted octanol–water partition coefficient (Wildman–Crippen LogP) is 2.98. The second kappa shape index (κ2) is 3.34. The third kappa shape index (κ3) is 1.46. The maximum absolute atomic E-state index is 10.3. The standard InChI is InChI=1S/C9H6BrN3O/c10-9-7-4-6(13-14)2-1-5(7)3-8(11)12-9/h1-4H,(H2,11,12). The molecule has 1 aromatic heterocycles. The molecule has 2 N–H and O–H groups in total. The summed E-state index contributed by atoms with van der Waals surface area (Å²) in [7, 11) is 0. The Morgan fingerprint density at radius 2 is 2.14 bits per heavy atom. The minimum atomic E-state index is 0.379. The molecule has 0 aliphatic heterocycles. The van der Waals surface area contributed by atoms with Crippen molar-refractivity contribution in [2.45, 2.75) is 0 Å². The van der Waals surface area contributed by atoms with Crippen LogP contribution in [0.5, 0.6) is 0 Å². The number of hydrogen-bond acceptors (Lipinski definition) is 4. The van der Waals surface area contributed by atoms with Gasteiger partial charge in [-0.15, -0.1) is 4.91 Å². The van der Waals surface area contributed by atoms with E-state index in [-0.39, 0.29) is 0 Å². The van der Waals surface area contributed by atoms with Gasteiger partial charge in [-0.25, -0.2) is 4.98 Å². The molecular formula is C9H6BrN3O. The smallest absolute Gasteiger partial charge is 0.125 e. The zero-order valence-electron chi connectivity index (χ0n) is 7.07.